The predicted molar refractivity (Wildman–Crippen MR) is 105 cm³/mol. The maximum Gasteiger partial charge on any atom is 0.278 e. The van der Waals surface area contributed by atoms with Crippen molar-refractivity contribution in [2.45, 2.75) is 20.4 Å². The Labute approximate surface area is 166 Å². The van der Waals surface area contributed by atoms with E-state index in [1.807, 2.05) is 19.1 Å². The zero-order valence-electron chi connectivity index (χ0n) is 15.7. The summed E-state index contributed by atoms with van der Waals surface area (Å²) in [6.07, 6.45) is 0. The van der Waals surface area contributed by atoms with Gasteiger partial charge in [0.05, 0.1) is 35.7 Å². The van der Waals surface area contributed by atoms with Gasteiger partial charge in [0, 0.05) is 18.1 Å². The number of ether oxygens (including phenoxy) is 1. The summed E-state index contributed by atoms with van der Waals surface area (Å²) in [5.74, 6) is -0.139. The van der Waals surface area contributed by atoms with Crippen LogP contribution in [0.4, 0.5) is 0 Å². The second-order valence-corrected chi connectivity index (χ2v) is 7.18. The van der Waals surface area contributed by atoms with Crippen molar-refractivity contribution >= 4 is 28.4 Å². The molecule has 0 atom stereocenters. The van der Waals surface area contributed by atoms with E-state index >= 15 is 0 Å². The third kappa shape index (κ3) is 3.29. The van der Waals surface area contributed by atoms with Crippen molar-refractivity contribution in [2.75, 3.05) is 26.3 Å². The number of morpholine rings is 1. The van der Waals surface area contributed by atoms with E-state index < -0.39 is 0 Å². The molecule has 8 nitrogen and oxygen atoms in total. The highest BCUT2D eigenvalue weighted by atomic mass is 35.5. The SMILES string of the molecule is Cc1nn(CC(=O)N2CCOCC2)c(=O)c2c(C)n(-c3ccc(Cl)cc3)nc12. The number of hydrogen-bond acceptors (Lipinski definition) is 5. The Morgan fingerprint density at radius 2 is 1.82 bits per heavy atom. The molecule has 3 heterocycles. The first-order chi connectivity index (χ1) is 13.5. The van der Waals surface area contributed by atoms with Crippen molar-refractivity contribution in [3.63, 3.8) is 0 Å². The van der Waals surface area contributed by atoms with Gasteiger partial charge in [-0.05, 0) is 38.1 Å². The number of amides is 1. The molecule has 1 amide bonds. The molecule has 146 valence electrons. The first kappa shape index (κ1) is 18.6. The predicted octanol–water partition coefficient (Wildman–Crippen LogP) is 1.71. The van der Waals surface area contributed by atoms with E-state index in [2.05, 4.69) is 10.2 Å². The molecule has 3 aromatic rings. The lowest BCUT2D eigenvalue weighted by Crippen LogP contribution is -2.43. The van der Waals surface area contributed by atoms with Crippen LogP contribution in [0.25, 0.3) is 16.6 Å². The Morgan fingerprint density at radius 3 is 2.50 bits per heavy atom. The highest BCUT2D eigenvalue weighted by molar-refractivity contribution is 6.30. The molecule has 1 saturated heterocycles. The Bertz CT molecular complexity index is 1100. The molecule has 0 aliphatic carbocycles. The molecule has 1 aromatic carbocycles. The number of carbonyl (C=O) groups is 1. The monoisotopic (exact) mass is 401 g/mol. The zero-order chi connectivity index (χ0) is 19.8. The molecule has 28 heavy (non-hydrogen) atoms. The molecule has 0 spiro atoms. The van der Waals surface area contributed by atoms with E-state index in [9.17, 15) is 9.59 Å². The lowest BCUT2D eigenvalue weighted by molar-refractivity contribution is -0.136. The Morgan fingerprint density at radius 1 is 1.14 bits per heavy atom. The van der Waals surface area contributed by atoms with Gasteiger partial charge >= 0.3 is 0 Å². The third-order valence-corrected chi connectivity index (χ3v) is 5.15. The van der Waals surface area contributed by atoms with Crippen LogP contribution in [0.5, 0.6) is 0 Å². The van der Waals surface area contributed by atoms with E-state index in [-0.39, 0.29) is 18.0 Å². The van der Waals surface area contributed by atoms with Gasteiger partial charge in [0.1, 0.15) is 12.1 Å². The van der Waals surface area contributed by atoms with E-state index in [4.69, 9.17) is 16.3 Å². The highest BCUT2D eigenvalue weighted by Crippen LogP contribution is 2.21. The van der Waals surface area contributed by atoms with Crippen LogP contribution in [0, 0.1) is 13.8 Å². The molecule has 0 N–H and O–H groups in total. The molecule has 2 aromatic heterocycles. The van der Waals surface area contributed by atoms with Crippen molar-refractivity contribution in [3.8, 4) is 5.69 Å². The van der Waals surface area contributed by atoms with Gasteiger partial charge in [0.25, 0.3) is 5.56 Å². The van der Waals surface area contributed by atoms with Crippen molar-refractivity contribution in [2.24, 2.45) is 0 Å². The molecule has 0 bridgehead atoms. The molecule has 1 aliphatic heterocycles. The number of aromatic nitrogens is 4. The maximum atomic E-state index is 13.0. The normalized spacial score (nSPS) is 14.6. The van der Waals surface area contributed by atoms with Crippen molar-refractivity contribution in [1.82, 2.24) is 24.5 Å². The summed E-state index contributed by atoms with van der Waals surface area (Å²) >= 11 is 5.96. The van der Waals surface area contributed by atoms with E-state index in [1.54, 1.807) is 28.6 Å². The molecule has 1 fully saturated rings. The number of nitrogens with zero attached hydrogens (tertiary/aromatic N) is 5. The van der Waals surface area contributed by atoms with E-state index in [0.717, 1.165) is 5.69 Å². The number of benzene rings is 1. The fraction of sp³-hybridized carbons (Fsp3) is 0.368. The van der Waals surface area contributed by atoms with Gasteiger partial charge in [0.15, 0.2) is 0 Å². The van der Waals surface area contributed by atoms with Crippen molar-refractivity contribution < 1.29 is 9.53 Å². The largest absolute Gasteiger partial charge is 0.378 e. The quantitative estimate of drug-likeness (QED) is 0.667. The fourth-order valence-corrected chi connectivity index (χ4v) is 3.52. The summed E-state index contributed by atoms with van der Waals surface area (Å²) in [5.41, 5.74) is 2.31. The summed E-state index contributed by atoms with van der Waals surface area (Å²) in [6, 6.07) is 7.22. The van der Waals surface area contributed by atoms with Gasteiger partial charge in [0.2, 0.25) is 5.91 Å². The minimum Gasteiger partial charge on any atom is -0.378 e. The molecular formula is C19H20ClN5O3. The van der Waals surface area contributed by atoms with Crippen LogP contribution in [-0.2, 0) is 16.1 Å². The summed E-state index contributed by atoms with van der Waals surface area (Å²) in [5, 5.41) is 9.99. The van der Waals surface area contributed by atoms with Crippen molar-refractivity contribution in [1.29, 1.82) is 0 Å². The number of hydrogen-bond donors (Lipinski definition) is 0. The summed E-state index contributed by atoms with van der Waals surface area (Å²) in [7, 11) is 0. The zero-order valence-corrected chi connectivity index (χ0v) is 16.4. The van der Waals surface area contributed by atoms with Crippen LogP contribution in [0.3, 0.4) is 0 Å². The summed E-state index contributed by atoms with van der Waals surface area (Å²) in [6.45, 7) is 5.61. The second-order valence-electron chi connectivity index (χ2n) is 6.74. The number of aryl methyl sites for hydroxylation is 2. The lowest BCUT2D eigenvalue weighted by atomic mass is 10.2. The van der Waals surface area contributed by atoms with Gasteiger partial charge in [-0.2, -0.15) is 10.2 Å². The fourth-order valence-electron chi connectivity index (χ4n) is 3.40. The molecule has 1 aliphatic rings. The topological polar surface area (TPSA) is 82.3 Å². The molecule has 0 saturated carbocycles. The second kappa shape index (κ2) is 7.37. The Hall–Kier alpha value is -2.71. The van der Waals surface area contributed by atoms with Crippen LogP contribution in [-0.4, -0.2) is 56.7 Å². The first-order valence-corrected chi connectivity index (χ1v) is 9.42. The summed E-state index contributed by atoms with van der Waals surface area (Å²) < 4.78 is 8.20. The minimum absolute atomic E-state index is 0.0961. The molecule has 0 radical (unpaired) electrons. The van der Waals surface area contributed by atoms with E-state index in [0.29, 0.717) is 53.6 Å². The standard InChI is InChI=1S/C19H20ClN5O3/c1-12-18-17(13(2)25(22-18)15-5-3-14(20)4-6-15)19(27)24(21-12)11-16(26)23-7-9-28-10-8-23/h3-6H,7-11H2,1-2H3. The average Bonchev–Trinajstić information content (AvgIpc) is 3.05. The van der Waals surface area contributed by atoms with Gasteiger partial charge in [-0.1, -0.05) is 11.6 Å². The Balaban J connectivity index is 1.75. The van der Waals surface area contributed by atoms with Gasteiger partial charge in [-0.25, -0.2) is 9.36 Å². The van der Waals surface area contributed by atoms with Gasteiger partial charge in [-0.15, -0.1) is 0 Å². The van der Waals surface area contributed by atoms with Crippen LogP contribution in [0.15, 0.2) is 29.1 Å². The van der Waals surface area contributed by atoms with Gasteiger partial charge < -0.3 is 9.64 Å². The van der Waals surface area contributed by atoms with Crippen molar-refractivity contribution in [3.05, 3.63) is 51.0 Å². The molecular weight excluding hydrogens is 382 g/mol. The lowest BCUT2D eigenvalue weighted by Gasteiger charge is -2.26. The number of fused-ring (bicyclic) bond motifs is 1. The number of rotatable bonds is 3. The smallest absolute Gasteiger partial charge is 0.278 e. The number of carbonyl (C=O) groups excluding carboxylic acids is 1. The highest BCUT2D eigenvalue weighted by Gasteiger charge is 2.21. The van der Waals surface area contributed by atoms with Crippen LogP contribution >= 0.6 is 11.6 Å². The summed E-state index contributed by atoms with van der Waals surface area (Å²) in [4.78, 5) is 27.3. The molecule has 4 rings (SSSR count). The van der Waals surface area contributed by atoms with Crippen LogP contribution < -0.4 is 5.56 Å². The van der Waals surface area contributed by atoms with Crippen LogP contribution in [0.1, 0.15) is 11.4 Å². The number of halogens is 1. The van der Waals surface area contributed by atoms with Gasteiger partial charge in [-0.3, -0.25) is 9.59 Å². The first-order valence-electron chi connectivity index (χ1n) is 9.04. The molecule has 9 heteroatoms. The average molecular weight is 402 g/mol. The molecule has 0 unspecified atom stereocenters. The maximum absolute atomic E-state index is 13.0. The van der Waals surface area contributed by atoms with E-state index in [1.165, 1.54) is 4.68 Å². The minimum atomic E-state index is -0.320. The van der Waals surface area contributed by atoms with Crippen LogP contribution in [0.2, 0.25) is 5.02 Å². The Kier molecular flexibility index (Phi) is 4.91. The third-order valence-electron chi connectivity index (χ3n) is 4.90.